The highest BCUT2D eigenvalue weighted by Crippen LogP contribution is 2.48. The van der Waals surface area contributed by atoms with E-state index in [2.05, 4.69) is 42.5 Å². The molecule has 0 aromatic heterocycles. The molecule has 12 aromatic rings. The van der Waals surface area contributed by atoms with Crippen LogP contribution in [0.4, 0.5) is 64.7 Å². The van der Waals surface area contributed by atoms with Crippen molar-refractivity contribution < 1.29 is 120 Å². The number of hydrogen-bond acceptors (Lipinski definition) is 28. The first-order valence-electron chi connectivity index (χ1n) is 39.7. The summed E-state index contributed by atoms with van der Waals surface area (Å²) in [7, 11) is -39.1. The van der Waals surface area contributed by atoms with E-state index in [0.29, 0.717) is 0 Å². The summed E-state index contributed by atoms with van der Waals surface area (Å²) in [5.74, 6) is -2.21. The second kappa shape index (κ2) is 39.2. The average Bonchev–Trinajstić information content (AvgIpc) is 0.724. The zero-order valence-electron chi connectivity index (χ0n) is 70.1. The Hall–Kier alpha value is -15.3. The molecule has 0 bridgehead atoms. The SMILES string of the molecule is CC(C)(C1=CCC(S(=O)(=O)Oc2ccc(NC(=O)Nc3ccc(OS(=O)(=O)c4ccccc4)cc3)cc2)(S(=O)(=O)Oc2ccc(NC(=O)Nc3ccc(OS(=O)(=O)c4ccccc4)cc3)cc2)C=C1)C1=CCC(S(=O)(=O)Oc2ccc(NC(=O)Nc3ccc(OS(=O)(=O)c4ccccc4)cc3)cc2)(S(=O)(=O)Oc2ccc(NC(=O)Nc3ccc(OS(=O)(=O)c4ccccc4)cc3)cc2)C=C1. The van der Waals surface area contributed by atoms with Crippen LogP contribution in [0, 0.1) is 5.41 Å². The standard InChI is InChI=1S/C91H76N8O28S8/c1-89(2,63-55-59-90(60-56-63,132(112,113)124-77-47-31-69(32-48-77)96-85(100)92-65-23-39-73(40-24-65)120-128(104,105)81-15-7-3-8-16-81)133(114,115)125-78-49-33-70(34-50-78)97-86(101)93-66-25-41-74(42-26-66)121-129(106,107)82-17-9-4-10-18-82)64-57-61-91(62-58-64,134(116,117)126-79-51-35-71(36-52-79)98-87(102)94-67-27-43-75(44-28-67)122-130(108,109)83-19-11-5-12-20-83)135(118,119)127-80-53-37-72(38-54-80)99-88(103)95-68-29-45-76(46-30-68)123-131(110,111)84-21-13-6-14-22-84/h3-59,61H,60,62H2,1-2H3,(H2,92,96,100)(H2,93,97,101)(H2,94,98,102)(H2,95,99,103). The molecule has 0 fully saturated rings. The lowest BCUT2D eigenvalue weighted by Gasteiger charge is -2.37. The number of anilines is 8. The molecule has 135 heavy (non-hydrogen) atoms. The molecule has 44 heteroatoms. The monoisotopic (exact) mass is 1980 g/mol. The Labute approximate surface area is 776 Å². The van der Waals surface area contributed by atoms with E-state index >= 15 is 33.7 Å². The molecule has 8 amide bonds. The molecule has 696 valence electrons. The van der Waals surface area contributed by atoms with Crippen molar-refractivity contribution in [2.75, 3.05) is 42.5 Å². The molecule has 0 spiro atoms. The third-order valence-corrected chi connectivity index (χ3v) is 33.8. The normalized spacial score (nSPS) is 13.8. The lowest BCUT2D eigenvalue weighted by atomic mass is 9.74. The molecule has 0 atom stereocenters. The van der Waals surface area contributed by atoms with E-state index in [4.69, 9.17) is 33.5 Å². The summed E-state index contributed by atoms with van der Waals surface area (Å²) in [5.41, 5.74) is -0.188. The molecule has 0 saturated carbocycles. The molecule has 14 rings (SSSR count). The highest BCUT2D eigenvalue weighted by Gasteiger charge is 2.60. The van der Waals surface area contributed by atoms with Gasteiger partial charge in [-0.1, -0.05) is 111 Å². The third kappa shape index (κ3) is 23.1. The number of hydrogen-bond donors (Lipinski definition) is 8. The Morgan fingerprint density at radius 2 is 0.385 bits per heavy atom. The number of urea groups is 4. The lowest BCUT2D eigenvalue weighted by molar-refractivity contribution is 0.261. The van der Waals surface area contributed by atoms with Crippen molar-refractivity contribution in [3.63, 3.8) is 0 Å². The maximum atomic E-state index is 15.2. The van der Waals surface area contributed by atoms with Crippen molar-refractivity contribution in [2.24, 2.45) is 5.41 Å². The van der Waals surface area contributed by atoms with Crippen LogP contribution in [0.15, 0.2) is 383 Å². The summed E-state index contributed by atoms with van der Waals surface area (Å²) in [5, 5.41) is 20.4. The van der Waals surface area contributed by atoms with Gasteiger partial charge in [0, 0.05) is 63.8 Å². The van der Waals surface area contributed by atoms with Gasteiger partial charge >= 0.3 is 105 Å². The topological polar surface area (TPSA) is 511 Å². The van der Waals surface area contributed by atoms with Crippen molar-refractivity contribution in [3.8, 4) is 46.0 Å². The number of nitrogens with one attached hydrogen (secondary N) is 8. The van der Waals surface area contributed by atoms with Gasteiger partial charge < -0.3 is 76.0 Å². The number of benzene rings is 12. The van der Waals surface area contributed by atoms with Gasteiger partial charge in [0.25, 0.3) is 8.16 Å². The van der Waals surface area contributed by atoms with Crippen LogP contribution in [-0.2, 0) is 80.9 Å². The fourth-order valence-electron chi connectivity index (χ4n) is 13.1. The summed E-state index contributed by atoms with van der Waals surface area (Å²) in [4.78, 5) is 52.6. The van der Waals surface area contributed by atoms with Gasteiger partial charge in [-0.3, -0.25) is 0 Å². The molecule has 0 unspecified atom stereocenters. The fraction of sp³-hybridized carbons (Fsp3) is 0.0769. The number of amides is 8. The van der Waals surface area contributed by atoms with E-state index in [9.17, 15) is 52.8 Å². The van der Waals surface area contributed by atoms with Crippen LogP contribution >= 0.6 is 0 Å². The Balaban J connectivity index is 0.694. The van der Waals surface area contributed by atoms with E-state index in [0.717, 1.165) is 72.8 Å². The first-order valence-corrected chi connectivity index (χ1v) is 51.0. The quantitative estimate of drug-likeness (QED) is 0.0174. The Bertz CT molecular complexity index is 6720. The van der Waals surface area contributed by atoms with Crippen LogP contribution in [-0.4, -0.2) is 99.6 Å². The third-order valence-electron chi connectivity index (χ3n) is 20.1. The Morgan fingerprint density at radius 3 is 0.533 bits per heavy atom. The molecule has 8 N–H and O–H groups in total. The zero-order chi connectivity index (χ0) is 96.3. The molecule has 0 heterocycles. The van der Waals surface area contributed by atoms with Crippen LogP contribution in [0.3, 0.4) is 0 Å². The van der Waals surface area contributed by atoms with Crippen molar-refractivity contribution in [1.82, 2.24) is 0 Å². The number of rotatable bonds is 34. The maximum Gasteiger partial charge on any atom is 0.339 e. The minimum atomic E-state index is -5.58. The van der Waals surface area contributed by atoms with Gasteiger partial charge in [-0.05, 0) is 266 Å². The van der Waals surface area contributed by atoms with Gasteiger partial charge in [0.15, 0.2) is 0 Å². The van der Waals surface area contributed by atoms with Crippen LogP contribution in [0.25, 0.3) is 0 Å². The largest absolute Gasteiger partial charge is 0.381 e. The Kier molecular flexibility index (Phi) is 27.8. The summed E-state index contributed by atoms with van der Waals surface area (Å²) in [6, 6.07) is 65.8. The van der Waals surface area contributed by atoms with Crippen molar-refractivity contribution in [2.45, 2.75) is 54.4 Å². The molecular formula is C91H76N8O28S8. The van der Waals surface area contributed by atoms with Gasteiger partial charge in [0.1, 0.15) is 65.6 Å². The molecule has 0 radical (unpaired) electrons. The maximum absolute atomic E-state index is 15.2. The highest BCUT2D eigenvalue weighted by molar-refractivity contribution is 8.07. The molecule has 2 aliphatic carbocycles. The van der Waals surface area contributed by atoms with Gasteiger partial charge in [-0.25, -0.2) is 19.2 Å². The first kappa shape index (κ1) is 95.8. The molecule has 0 aliphatic heterocycles. The molecule has 0 saturated heterocycles. The van der Waals surface area contributed by atoms with Crippen molar-refractivity contribution in [1.29, 1.82) is 0 Å². The average molecular weight is 1990 g/mol. The second-order valence-electron chi connectivity index (χ2n) is 29.7. The van der Waals surface area contributed by atoms with Gasteiger partial charge in [-0.15, -0.1) is 0 Å². The van der Waals surface area contributed by atoms with Gasteiger partial charge in [0.05, 0.1) is 0 Å². The fourth-order valence-corrected chi connectivity index (χ4v) is 23.4. The predicted molar refractivity (Wildman–Crippen MR) is 500 cm³/mol. The van der Waals surface area contributed by atoms with Crippen LogP contribution < -0.4 is 76.0 Å². The van der Waals surface area contributed by atoms with Crippen LogP contribution in [0.5, 0.6) is 46.0 Å². The molecule has 12 aromatic carbocycles. The summed E-state index contributed by atoms with van der Waals surface area (Å²) in [6.45, 7) is 3.12. The summed E-state index contributed by atoms with van der Waals surface area (Å²) >= 11 is 0. The summed E-state index contributed by atoms with van der Waals surface area (Å²) < 4.78 is 261. The van der Waals surface area contributed by atoms with E-state index in [1.165, 1.54) is 255 Å². The number of allylic oxidation sites excluding steroid dienone is 6. The number of carbonyl (C=O) groups is 4. The van der Waals surface area contributed by atoms with E-state index in [1.54, 1.807) is 38.1 Å². The van der Waals surface area contributed by atoms with Crippen molar-refractivity contribution in [3.05, 3.63) is 363 Å². The highest BCUT2D eigenvalue weighted by atomic mass is 32.3. The molecule has 36 nitrogen and oxygen atoms in total. The van der Waals surface area contributed by atoms with Crippen molar-refractivity contribution >= 4 is 151 Å². The minimum Gasteiger partial charge on any atom is -0.381 e. The zero-order valence-corrected chi connectivity index (χ0v) is 76.6. The van der Waals surface area contributed by atoms with E-state index in [-0.39, 0.29) is 99.2 Å². The van der Waals surface area contributed by atoms with E-state index in [1.807, 2.05) is 0 Å². The first-order chi connectivity index (χ1) is 64.0. The second-order valence-corrected chi connectivity index (χ2v) is 43.6. The summed E-state index contributed by atoms with van der Waals surface area (Å²) in [6.07, 6.45) is 4.26. The molecular weight excluding hydrogens is 1910 g/mol. The van der Waals surface area contributed by atoms with Crippen LogP contribution in [0.2, 0.25) is 0 Å². The predicted octanol–water partition coefficient (Wildman–Crippen LogP) is 16.5. The Morgan fingerprint density at radius 1 is 0.230 bits per heavy atom. The van der Waals surface area contributed by atoms with Crippen LogP contribution in [0.1, 0.15) is 26.7 Å². The van der Waals surface area contributed by atoms with Gasteiger partial charge in [-0.2, -0.15) is 67.3 Å². The van der Waals surface area contributed by atoms with E-state index < -0.39 is 154 Å². The smallest absolute Gasteiger partial charge is 0.339 e. The lowest BCUT2D eigenvalue weighted by Crippen LogP contribution is -2.50. The minimum absolute atomic E-state index is 0.0550. The molecule has 2 aliphatic rings. The van der Waals surface area contributed by atoms with Gasteiger partial charge in [0.2, 0.25) is 0 Å². The number of carbonyl (C=O) groups excluding carboxylic acids is 4.